The van der Waals surface area contributed by atoms with Crippen molar-refractivity contribution in [3.8, 4) is 0 Å². The van der Waals surface area contributed by atoms with Gasteiger partial charge in [-0.05, 0) is 26.2 Å². The minimum absolute atomic E-state index is 0.264. The van der Waals surface area contributed by atoms with Gasteiger partial charge in [-0.15, -0.1) is 0 Å². The smallest absolute Gasteiger partial charge is 0.158 e. The number of hydrogen-bond donors (Lipinski definition) is 3. The molecule has 0 bridgehead atoms. The number of nitrogens with zero attached hydrogens (tertiary/aromatic N) is 2. The summed E-state index contributed by atoms with van der Waals surface area (Å²) >= 11 is 0. The van der Waals surface area contributed by atoms with Crippen molar-refractivity contribution < 1.29 is 9.84 Å². The molecule has 0 aliphatic heterocycles. The summed E-state index contributed by atoms with van der Waals surface area (Å²) < 4.78 is 5.37. The van der Waals surface area contributed by atoms with Crippen molar-refractivity contribution in [3.63, 3.8) is 0 Å². The van der Waals surface area contributed by atoms with Crippen LogP contribution in [0.1, 0.15) is 45.9 Å². The Hall–Kier alpha value is -1.40. The third-order valence-corrected chi connectivity index (χ3v) is 3.02. The average molecular weight is 296 g/mol. The lowest BCUT2D eigenvalue weighted by Gasteiger charge is -2.12. The zero-order valence-corrected chi connectivity index (χ0v) is 13.4. The molecule has 0 saturated carbocycles. The number of aromatic nitrogens is 2. The zero-order valence-electron chi connectivity index (χ0n) is 13.4. The molecule has 1 atom stereocenters. The van der Waals surface area contributed by atoms with Crippen LogP contribution in [0.2, 0.25) is 0 Å². The van der Waals surface area contributed by atoms with Crippen LogP contribution < -0.4 is 10.6 Å². The van der Waals surface area contributed by atoms with E-state index in [4.69, 9.17) is 4.74 Å². The predicted octanol–water partition coefficient (Wildman–Crippen LogP) is 2.41. The molecule has 3 N–H and O–H groups in total. The molecule has 1 heterocycles. The minimum Gasteiger partial charge on any atom is -0.393 e. The zero-order chi connectivity index (χ0) is 15.5. The summed E-state index contributed by atoms with van der Waals surface area (Å²) in [5, 5.41) is 16.1. The van der Waals surface area contributed by atoms with Gasteiger partial charge in [-0.3, -0.25) is 0 Å². The summed E-state index contributed by atoms with van der Waals surface area (Å²) in [6.45, 7) is 8.64. The number of rotatable bonds is 11. The maximum Gasteiger partial charge on any atom is 0.158 e. The number of hydrogen-bond acceptors (Lipinski definition) is 6. The Balaban J connectivity index is 2.65. The van der Waals surface area contributed by atoms with E-state index in [0.29, 0.717) is 32.0 Å². The molecule has 0 aliphatic rings. The van der Waals surface area contributed by atoms with Gasteiger partial charge in [0.05, 0.1) is 6.10 Å². The highest BCUT2D eigenvalue weighted by molar-refractivity contribution is 5.47. The van der Waals surface area contributed by atoms with Crippen molar-refractivity contribution in [2.24, 2.45) is 0 Å². The number of ether oxygens (including phenoxy) is 1. The largest absolute Gasteiger partial charge is 0.393 e. The molecule has 0 saturated heterocycles. The normalized spacial score (nSPS) is 12.2. The number of aliphatic hydroxyl groups excluding tert-OH is 1. The topological polar surface area (TPSA) is 79.3 Å². The molecule has 1 aromatic heterocycles. The van der Waals surface area contributed by atoms with Gasteiger partial charge in [-0.25, -0.2) is 9.97 Å². The van der Waals surface area contributed by atoms with Crippen molar-refractivity contribution in [2.45, 2.75) is 52.7 Å². The number of aliphatic hydroxyl groups is 1. The first-order valence-corrected chi connectivity index (χ1v) is 7.81. The Morgan fingerprint density at radius 3 is 2.38 bits per heavy atom. The molecule has 21 heavy (non-hydrogen) atoms. The molecule has 1 rings (SSSR count). The molecule has 0 amide bonds. The van der Waals surface area contributed by atoms with E-state index < -0.39 is 0 Å². The van der Waals surface area contributed by atoms with Crippen molar-refractivity contribution in [1.82, 2.24) is 9.97 Å². The van der Waals surface area contributed by atoms with Gasteiger partial charge in [0.25, 0.3) is 0 Å². The van der Waals surface area contributed by atoms with Crippen molar-refractivity contribution in [2.75, 3.05) is 30.3 Å². The summed E-state index contributed by atoms with van der Waals surface area (Å²) in [5.74, 6) is 2.23. The van der Waals surface area contributed by atoms with Gasteiger partial charge >= 0.3 is 0 Å². The monoisotopic (exact) mass is 296 g/mol. The van der Waals surface area contributed by atoms with Crippen molar-refractivity contribution in [3.05, 3.63) is 11.9 Å². The molecule has 1 unspecified atom stereocenters. The first-order chi connectivity index (χ1) is 10.2. The van der Waals surface area contributed by atoms with Crippen molar-refractivity contribution in [1.29, 1.82) is 0 Å². The quantitative estimate of drug-likeness (QED) is 0.582. The van der Waals surface area contributed by atoms with E-state index >= 15 is 0 Å². The summed E-state index contributed by atoms with van der Waals surface area (Å²) in [6.07, 6.45) is 2.25. The first kappa shape index (κ1) is 17.7. The second-order valence-corrected chi connectivity index (χ2v) is 4.90. The third kappa shape index (κ3) is 7.24. The molecule has 0 spiro atoms. The Morgan fingerprint density at radius 2 is 1.81 bits per heavy atom. The van der Waals surface area contributed by atoms with Gasteiger partial charge < -0.3 is 20.5 Å². The molecule has 6 nitrogen and oxygen atoms in total. The second-order valence-electron chi connectivity index (χ2n) is 4.90. The van der Waals surface area contributed by atoms with Crippen LogP contribution >= 0.6 is 0 Å². The molecule has 0 aliphatic carbocycles. The summed E-state index contributed by atoms with van der Waals surface area (Å²) in [6, 6.07) is 1.89. The fraction of sp³-hybridized carbons (Fsp3) is 0.733. The lowest BCUT2D eigenvalue weighted by molar-refractivity contribution is 0.128. The molecular formula is C15H28N4O2. The maximum absolute atomic E-state index is 9.57. The standard InChI is InChI=1S/C15H28N4O2/c1-4-8-16-13-10-14(17-9-7-12(20)5-2)19-15(18-13)11-21-6-3/h10,12,20H,4-9,11H2,1-3H3,(H2,16,17,18,19). The lowest BCUT2D eigenvalue weighted by Crippen LogP contribution is -2.14. The van der Waals surface area contributed by atoms with E-state index in [2.05, 4.69) is 27.5 Å². The molecule has 1 aromatic rings. The van der Waals surface area contributed by atoms with Crippen LogP contribution in [-0.4, -0.2) is 40.9 Å². The molecule has 6 heteroatoms. The molecule has 0 fully saturated rings. The summed E-state index contributed by atoms with van der Waals surface area (Å²) in [4.78, 5) is 8.86. The maximum atomic E-state index is 9.57. The van der Waals surface area contributed by atoms with E-state index in [-0.39, 0.29) is 6.10 Å². The van der Waals surface area contributed by atoms with Gasteiger partial charge in [0, 0.05) is 25.8 Å². The van der Waals surface area contributed by atoms with Crippen LogP contribution in [-0.2, 0) is 11.3 Å². The fourth-order valence-corrected chi connectivity index (χ4v) is 1.76. The average Bonchev–Trinajstić information content (AvgIpc) is 2.50. The Labute approximate surface area is 127 Å². The number of anilines is 2. The second kappa shape index (κ2) is 10.3. The first-order valence-electron chi connectivity index (χ1n) is 7.81. The van der Waals surface area contributed by atoms with E-state index in [1.54, 1.807) is 0 Å². The van der Waals surface area contributed by atoms with Crippen LogP contribution in [0.25, 0.3) is 0 Å². The molecule has 0 aromatic carbocycles. The van der Waals surface area contributed by atoms with E-state index in [1.165, 1.54) is 0 Å². The highest BCUT2D eigenvalue weighted by Crippen LogP contribution is 2.12. The Bertz CT molecular complexity index is 375. The Kier molecular flexibility index (Phi) is 8.69. The van der Waals surface area contributed by atoms with Crippen LogP contribution in [0.3, 0.4) is 0 Å². The van der Waals surface area contributed by atoms with Crippen molar-refractivity contribution >= 4 is 11.6 Å². The van der Waals surface area contributed by atoms with Crippen LogP contribution in [0, 0.1) is 0 Å². The van der Waals surface area contributed by atoms with E-state index in [9.17, 15) is 5.11 Å². The summed E-state index contributed by atoms with van der Waals surface area (Å²) in [5.41, 5.74) is 0. The van der Waals surface area contributed by atoms with Gasteiger partial charge in [-0.1, -0.05) is 13.8 Å². The van der Waals surface area contributed by atoms with Crippen LogP contribution in [0.15, 0.2) is 6.07 Å². The predicted molar refractivity (Wildman–Crippen MR) is 85.5 cm³/mol. The molecule has 120 valence electrons. The van der Waals surface area contributed by atoms with Gasteiger partial charge in [0.2, 0.25) is 0 Å². The van der Waals surface area contributed by atoms with E-state index in [1.807, 2.05) is 19.9 Å². The summed E-state index contributed by atoms with van der Waals surface area (Å²) in [7, 11) is 0. The van der Waals surface area contributed by atoms with Crippen LogP contribution in [0.5, 0.6) is 0 Å². The lowest BCUT2D eigenvalue weighted by atomic mass is 10.2. The highest BCUT2D eigenvalue weighted by Gasteiger charge is 2.06. The van der Waals surface area contributed by atoms with Gasteiger partial charge in [0.1, 0.15) is 18.2 Å². The van der Waals surface area contributed by atoms with E-state index in [0.717, 1.165) is 31.0 Å². The molecular weight excluding hydrogens is 268 g/mol. The number of nitrogens with one attached hydrogen (secondary N) is 2. The molecule has 0 radical (unpaired) electrons. The fourth-order valence-electron chi connectivity index (χ4n) is 1.76. The van der Waals surface area contributed by atoms with Gasteiger partial charge in [-0.2, -0.15) is 0 Å². The Morgan fingerprint density at radius 1 is 1.14 bits per heavy atom. The highest BCUT2D eigenvalue weighted by atomic mass is 16.5. The SMILES string of the molecule is CCCNc1cc(NCCC(O)CC)nc(COCC)n1. The third-order valence-electron chi connectivity index (χ3n) is 3.02. The minimum atomic E-state index is -0.264. The van der Waals surface area contributed by atoms with Gasteiger partial charge in [0.15, 0.2) is 5.82 Å². The van der Waals surface area contributed by atoms with Crippen LogP contribution in [0.4, 0.5) is 11.6 Å².